The molecule has 2 aliphatic rings. The zero-order chi connectivity index (χ0) is 24.7. The fourth-order valence-corrected chi connectivity index (χ4v) is 3.38. The van der Waals surface area contributed by atoms with Gasteiger partial charge in [0.1, 0.15) is 11.2 Å². The number of nitrogens with zero attached hydrogens (tertiary/aromatic N) is 2. The molecule has 4 N–H and O–H groups in total. The largest absolute Gasteiger partial charge is 0.444 e. The minimum Gasteiger partial charge on any atom is -0.444 e. The normalized spacial score (nSPS) is 26.7. The van der Waals surface area contributed by atoms with E-state index in [1.807, 2.05) is 41.5 Å². The van der Waals surface area contributed by atoms with Crippen LogP contribution >= 0.6 is 0 Å². The SMILES string of the molecule is CC(C)(C)OC(=O)N1CC[C@@H](O)[C@@H](CO)C1.CC(C)(C)OC(=O)N1CC[C@H](O)[C@H](CO)C1. The third-order valence-corrected chi connectivity index (χ3v) is 5.16. The van der Waals surface area contributed by atoms with Crippen molar-refractivity contribution in [1.29, 1.82) is 0 Å². The highest BCUT2D eigenvalue weighted by Crippen LogP contribution is 2.20. The maximum absolute atomic E-state index is 11.7. The lowest BCUT2D eigenvalue weighted by atomic mass is 9.96. The second-order valence-electron chi connectivity index (χ2n) is 10.5. The summed E-state index contributed by atoms with van der Waals surface area (Å²) in [7, 11) is 0. The Morgan fingerprint density at radius 3 is 1.31 bits per heavy atom. The Morgan fingerprint density at radius 1 is 0.750 bits per heavy atom. The average molecular weight is 463 g/mol. The molecule has 0 spiro atoms. The van der Waals surface area contributed by atoms with Crippen LogP contribution in [0.1, 0.15) is 54.4 Å². The predicted octanol–water partition coefficient (Wildman–Crippen LogP) is 1.19. The maximum atomic E-state index is 11.7. The zero-order valence-electron chi connectivity index (χ0n) is 20.3. The van der Waals surface area contributed by atoms with Crippen LogP contribution in [-0.4, -0.2) is 105 Å². The van der Waals surface area contributed by atoms with Gasteiger partial charge in [-0.05, 0) is 54.4 Å². The first kappa shape index (κ1) is 28.4. The molecule has 2 amide bonds. The molecule has 2 aliphatic heterocycles. The van der Waals surface area contributed by atoms with E-state index >= 15 is 0 Å². The lowest BCUT2D eigenvalue weighted by molar-refractivity contribution is -0.0214. The standard InChI is InChI=1S/2C11H21NO4/c2*1-11(2,3)16-10(15)12-5-4-9(14)8(6-12)7-13/h2*8-9,13-14H,4-7H2,1-3H3/t2*8-,9-/m10/s1. The van der Waals surface area contributed by atoms with Gasteiger partial charge in [0.05, 0.1) is 25.4 Å². The van der Waals surface area contributed by atoms with Gasteiger partial charge in [0.2, 0.25) is 0 Å². The van der Waals surface area contributed by atoms with E-state index < -0.39 is 23.4 Å². The molecule has 0 aromatic rings. The van der Waals surface area contributed by atoms with Gasteiger partial charge >= 0.3 is 12.2 Å². The summed E-state index contributed by atoms with van der Waals surface area (Å²) in [4.78, 5) is 26.5. The fraction of sp³-hybridized carbons (Fsp3) is 0.909. The van der Waals surface area contributed by atoms with Gasteiger partial charge in [-0.15, -0.1) is 0 Å². The van der Waals surface area contributed by atoms with Gasteiger partial charge in [0.25, 0.3) is 0 Å². The van der Waals surface area contributed by atoms with Crippen LogP contribution in [0.5, 0.6) is 0 Å². The molecule has 32 heavy (non-hydrogen) atoms. The number of carbonyl (C=O) groups excluding carboxylic acids is 2. The van der Waals surface area contributed by atoms with Crippen molar-refractivity contribution in [2.75, 3.05) is 39.4 Å². The van der Waals surface area contributed by atoms with E-state index in [1.165, 1.54) is 0 Å². The van der Waals surface area contributed by atoms with Crippen molar-refractivity contribution < 1.29 is 39.5 Å². The first-order valence-electron chi connectivity index (χ1n) is 11.2. The van der Waals surface area contributed by atoms with Crippen LogP contribution in [0.15, 0.2) is 0 Å². The number of ether oxygens (including phenoxy) is 2. The molecule has 2 rings (SSSR count). The van der Waals surface area contributed by atoms with E-state index in [1.54, 1.807) is 9.80 Å². The van der Waals surface area contributed by atoms with Gasteiger partial charge in [0.15, 0.2) is 0 Å². The van der Waals surface area contributed by atoms with E-state index in [9.17, 15) is 19.8 Å². The number of rotatable bonds is 2. The number of aliphatic hydroxyl groups is 4. The zero-order valence-corrected chi connectivity index (χ0v) is 20.3. The van der Waals surface area contributed by atoms with Crippen LogP contribution in [-0.2, 0) is 9.47 Å². The molecular weight excluding hydrogens is 420 g/mol. The molecule has 188 valence electrons. The highest BCUT2D eigenvalue weighted by Gasteiger charge is 2.33. The van der Waals surface area contributed by atoms with Crippen molar-refractivity contribution >= 4 is 12.2 Å². The lowest BCUT2D eigenvalue weighted by Crippen LogP contribution is -2.48. The summed E-state index contributed by atoms with van der Waals surface area (Å²) >= 11 is 0. The second kappa shape index (κ2) is 12.0. The topological polar surface area (TPSA) is 140 Å². The highest BCUT2D eigenvalue weighted by molar-refractivity contribution is 5.68. The number of piperidine rings is 2. The smallest absolute Gasteiger partial charge is 0.410 e. The summed E-state index contributed by atoms with van der Waals surface area (Å²) in [6.45, 7) is 12.3. The summed E-state index contributed by atoms with van der Waals surface area (Å²) in [6, 6.07) is 0. The number of hydrogen-bond donors (Lipinski definition) is 4. The lowest BCUT2D eigenvalue weighted by Gasteiger charge is -2.36. The molecule has 0 radical (unpaired) electrons. The minimum atomic E-state index is -0.524. The Hall–Kier alpha value is -1.62. The fourth-order valence-electron chi connectivity index (χ4n) is 3.38. The van der Waals surface area contributed by atoms with Gasteiger partial charge in [0, 0.05) is 38.0 Å². The highest BCUT2D eigenvalue weighted by atomic mass is 16.6. The van der Waals surface area contributed by atoms with E-state index in [0.29, 0.717) is 39.0 Å². The Balaban J connectivity index is 0.000000320. The van der Waals surface area contributed by atoms with E-state index in [2.05, 4.69) is 0 Å². The first-order chi connectivity index (χ1) is 14.7. The average Bonchev–Trinajstić information content (AvgIpc) is 2.66. The molecule has 2 heterocycles. The summed E-state index contributed by atoms with van der Waals surface area (Å²) in [5.74, 6) is -0.525. The van der Waals surface area contributed by atoms with Gasteiger partial charge < -0.3 is 39.7 Å². The molecule has 0 bridgehead atoms. The Morgan fingerprint density at radius 2 is 1.06 bits per heavy atom. The summed E-state index contributed by atoms with van der Waals surface area (Å²) < 4.78 is 10.5. The molecule has 4 atom stereocenters. The summed E-state index contributed by atoms with van der Waals surface area (Å²) in [5, 5.41) is 37.2. The number of likely N-dealkylation sites (tertiary alicyclic amines) is 2. The molecule has 10 heteroatoms. The molecule has 0 aliphatic carbocycles. The molecular formula is C22H42N2O8. The van der Waals surface area contributed by atoms with Crippen molar-refractivity contribution in [2.45, 2.75) is 77.8 Å². The van der Waals surface area contributed by atoms with Crippen LogP contribution in [0.4, 0.5) is 9.59 Å². The maximum Gasteiger partial charge on any atom is 0.410 e. The van der Waals surface area contributed by atoms with Crippen molar-refractivity contribution in [3.63, 3.8) is 0 Å². The number of amides is 2. The second-order valence-corrected chi connectivity index (χ2v) is 10.5. The Kier molecular flexibility index (Phi) is 10.7. The van der Waals surface area contributed by atoms with E-state index in [-0.39, 0.29) is 37.2 Å². The molecule has 2 fully saturated rings. The Labute approximate surface area is 191 Å². The van der Waals surface area contributed by atoms with Gasteiger partial charge in [-0.3, -0.25) is 0 Å². The Bertz CT molecular complexity index is 550. The van der Waals surface area contributed by atoms with Crippen molar-refractivity contribution in [3.05, 3.63) is 0 Å². The van der Waals surface area contributed by atoms with Gasteiger partial charge in [-0.1, -0.05) is 0 Å². The monoisotopic (exact) mass is 462 g/mol. The van der Waals surface area contributed by atoms with Gasteiger partial charge in [-0.25, -0.2) is 9.59 Å². The minimum absolute atomic E-state index is 0.111. The van der Waals surface area contributed by atoms with Crippen LogP contribution in [0.2, 0.25) is 0 Å². The molecule has 2 saturated heterocycles. The third-order valence-electron chi connectivity index (χ3n) is 5.16. The number of aliphatic hydroxyl groups excluding tert-OH is 4. The molecule has 10 nitrogen and oxygen atoms in total. The van der Waals surface area contributed by atoms with Crippen molar-refractivity contribution in [3.8, 4) is 0 Å². The van der Waals surface area contributed by atoms with Crippen LogP contribution < -0.4 is 0 Å². The molecule has 0 aromatic carbocycles. The van der Waals surface area contributed by atoms with Crippen LogP contribution in [0.25, 0.3) is 0 Å². The van der Waals surface area contributed by atoms with E-state index in [4.69, 9.17) is 19.7 Å². The van der Waals surface area contributed by atoms with Crippen LogP contribution in [0.3, 0.4) is 0 Å². The first-order valence-corrected chi connectivity index (χ1v) is 11.2. The predicted molar refractivity (Wildman–Crippen MR) is 118 cm³/mol. The van der Waals surface area contributed by atoms with Crippen molar-refractivity contribution in [2.24, 2.45) is 11.8 Å². The summed E-state index contributed by atoms with van der Waals surface area (Å²) in [6.07, 6.45) is -0.822. The molecule has 0 unspecified atom stereocenters. The molecule has 0 saturated carbocycles. The molecule has 0 aromatic heterocycles. The third kappa shape index (κ3) is 9.89. The summed E-state index contributed by atoms with van der Waals surface area (Å²) in [5.41, 5.74) is -1.02. The van der Waals surface area contributed by atoms with Gasteiger partial charge in [-0.2, -0.15) is 0 Å². The number of hydrogen-bond acceptors (Lipinski definition) is 8. The van der Waals surface area contributed by atoms with E-state index in [0.717, 1.165) is 0 Å². The number of carbonyl (C=O) groups is 2. The quantitative estimate of drug-likeness (QED) is 0.480. The van der Waals surface area contributed by atoms with Crippen molar-refractivity contribution in [1.82, 2.24) is 9.80 Å². The van der Waals surface area contributed by atoms with Crippen LogP contribution in [0, 0.1) is 11.8 Å².